The molecule has 2 heterocycles. The molecule has 1 spiro atoms. The lowest BCUT2D eigenvalue weighted by Gasteiger charge is -2.25. The predicted octanol–water partition coefficient (Wildman–Crippen LogP) is 3.46. The summed E-state index contributed by atoms with van der Waals surface area (Å²) in [6.45, 7) is 6.36. The molecule has 0 fully saturated rings. The minimum atomic E-state index is -1.29. The number of benzene rings is 2. The van der Waals surface area contributed by atoms with Crippen LogP contribution in [0, 0.1) is 0 Å². The molecule has 4 rings (SSSR count). The Labute approximate surface area is 127 Å². The normalized spacial score (nSPS) is 21.3. The zero-order valence-corrected chi connectivity index (χ0v) is 12.1. The van der Waals surface area contributed by atoms with Crippen LogP contribution in [0.25, 0.3) is 5.76 Å². The van der Waals surface area contributed by atoms with E-state index in [0.717, 1.165) is 5.56 Å². The van der Waals surface area contributed by atoms with E-state index < -0.39 is 11.8 Å². The van der Waals surface area contributed by atoms with Crippen molar-refractivity contribution in [1.29, 1.82) is 0 Å². The van der Waals surface area contributed by atoms with E-state index in [1.165, 1.54) is 0 Å². The number of ether oxygens (including phenoxy) is 3. The number of fused-ring (bicyclic) bond motifs is 4. The second-order valence-electron chi connectivity index (χ2n) is 5.19. The van der Waals surface area contributed by atoms with Crippen molar-refractivity contribution >= 4 is 11.7 Å². The van der Waals surface area contributed by atoms with Gasteiger partial charge in [-0.05, 0) is 25.1 Å². The van der Waals surface area contributed by atoms with Crippen LogP contribution in [-0.4, -0.2) is 12.6 Å². The predicted molar refractivity (Wildman–Crippen MR) is 80.4 cm³/mol. The average Bonchev–Trinajstić information content (AvgIpc) is 2.97. The van der Waals surface area contributed by atoms with Crippen LogP contribution >= 0.6 is 0 Å². The molecule has 0 saturated carbocycles. The van der Waals surface area contributed by atoms with Gasteiger partial charge in [0.2, 0.25) is 0 Å². The van der Waals surface area contributed by atoms with Crippen molar-refractivity contribution in [3.8, 4) is 5.75 Å². The Kier molecular flexibility index (Phi) is 2.57. The number of carbonyl (C=O) groups is 1. The standard InChI is InChI=1S/C18H14O4/c1-3-20-15-10-6-8-12-11(2)21-18(16(12)15)14-9-5-4-7-13(14)17(19)22-18/h4-10H,2-3H2,1H3. The van der Waals surface area contributed by atoms with Crippen LogP contribution in [0.5, 0.6) is 5.75 Å². The molecule has 4 heteroatoms. The van der Waals surface area contributed by atoms with Gasteiger partial charge in [-0.3, -0.25) is 0 Å². The smallest absolute Gasteiger partial charge is 0.342 e. The van der Waals surface area contributed by atoms with E-state index in [2.05, 4.69) is 6.58 Å². The molecule has 2 aromatic rings. The molecule has 4 nitrogen and oxygen atoms in total. The van der Waals surface area contributed by atoms with Crippen molar-refractivity contribution in [2.45, 2.75) is 12.7 Å². The van der Waals surface area contributed by atoms with Gasteiger partial charge in [0, 0.05) is 5.56 Å². The van der Waals surface area contributed by atoms with E-state index in [4.69, 9.17) is 14.2 Å². The van der Waals surface area contributed by atoms with Gasteiger partial charge in [-0.15, -0.1) is 0 Å². The van der Waals surface area contributed by atoms with Crippen molar-refractivity contribution in [2.24, 2.45) is 0 Å². The van der Waals surface area contributed by atoms with Gasteiger partial charge in [-0.25, -0.2) is 4.79 Å². The number of rotatable bonds is 2. The fourth-order valence-corrected chi connectivity index (χ4v) is 3.11. The monoisotopic (exact) mass is 294 g/mol. The minimum Gasteiger partial charge on any atom is -0.493 e. The molecule has 110 valence electrons. The largest absolute Gasteiger partial charge is 0.493 e. The Balaban J connectivity index is 2.02. The Morgan fingerprint density at radius 1 is 1.09 bits per heavy atom. The topological polar surface area (TPSA) is 44.8 Å². The van der Waals surface area contributed by atoms with E-state index >= 15 is 0 Å². The molecule has 0 radical (unpaired) electrons. The Hall–Kier alpha value is -2.75. The number of hydrogen-bond donors (Lipinski definition) is 0. The zero-order chi connectivity index (χ0) is 15.3. The van der Waals surface area contributed by atoms with Gasteiger partial charge in [-0.2, -0.15) is 0 Å². The van der Waals surface area contributed by atoms with Gasteiger partial charge < -0.3 is 14.2 Å². The molecule has 1 atom stereocenters. The van der Waals surface area contributed by atoms with Crippen molar-refractivity contribution in [1.82, 2.24) is 0 Å². The molecule has 0 aliphatic carbocycles. The summed E-state index contributed by atoms with van der Waals surface area (Å²) in [6, 6.07) is 12.9. The third-order valence-corrected chi connectivity index (χ3v) is 3.96. The summed E-state index contributed by atoms with van der Waals surface area (Å²) in [5, 5.41) is 0. The summed E-state index contributed by atoms with van der Waals surface area (Å²) in [6.07, 6.45) is 0. The molecule has 0 aromatic heterocycles. The summed E-state index contributed by atoms with van der Waals surface area (Å²) in [4.78, 5) is 12.2. The first-order chi connectivity index (χ1) is 10.7. The van der Waals surface area contributed by atoms with Gasteiger partial charge in [-0.1, -0.05) is 30.8 Å². The second kappa shape index (κ2) is 4.37. The third kappa shape index (κ3) is 1.49. The van der Waals surface area contributed by atoms with E-state index in [0.29, 0.717) is 34.8 Å². The maximum absolute atomic E-state index is 12.2. The minimum absolute atomic E-state index is 0.400. The summed E-state index contributed by atoms with van der Waals surface area (Å²) in [5.41, 5.74) is 2.71. The molecule has 0 saturated heterocycles. The lowest BCUT2D eigenvalue weighted by molar-refractivity contribution is -0.117. The molecule has 0 amide bonds. The molecule has 0 bridgehead atoms. The first-order valence-electron chi connectivity index (χ1n) is 7.15. The fraction of sp³-hybridized carbons (Fsp3) is 0.167. The average molecular weight is 294 g/mol. The van der Waals surface area contributed by atoms with Crippen molar-refractivity contribution in [3.05, 3.63) is 71.3 Å². The highest BCUT2D eigenvalue weighted by atomic mass is 16.7. The first kappa shape index (κ1) is 13.0. The highest BCUT2D eigenvalue weighted by Gasteiger charge is 2.56. The summed E-state index contributed by atoms with van der Waals surface area (Å²) in [7, 11) is 0. The van der Waals surface area contributed by atoms with Crippen LogP contribution in [0.15, 0.2) is 49.0 Å². The van der Waals surface area contributed by atoms with E-state index in [9.17, 15) is 4.79 Å². The first-order valence-corrected chi connectivity index (χ1v) is 7.15. The van der Waals surface area contributed by atoms with Crippen LogP contribution < -0.4 is 4.74 Å². The number of carbonyl (C=O) groups excluding carboxylic acids is 1. The highest BCUT2D eigenvalue weighted by Crippen LogP contribution is 2.54. The van der Waals surface area contributed by atoms with Gasteiger partial charge in [0.05, 0.1) is 23.3 Å². The molecule has 2 aromatic carbocycles. The van der Waals surface area contributed by atoms with Gasteiger partial charge in [0.15, 0.2) is 0 Å². The molecular formula is C18H14O4. The summed E-state index contributed by atoms with van der Waals surface area (Å²) >= 11 is 0. The Morgan fingerprint density at radius 3 is 2.68 bits per heavy atom. The van der Waals surface area contributed by atoms with Crippen LogP contribution in [-0.2, 0) is 15.3 Å². The molecule has 0 N–H and O–H groups in total. The molecule has 22 heavy (non-hydrogen) atoms. The zero-order valence-electron chi connectivity index (χ0n) is 12.1. The third-order valence-electron chi connectivity index (χ3n) is 3.96. The molecule has 2 aliphatic heterocycles. The van der Waals surface area contributed by atoms with E-state index in [1.54, 1.807) is 12.1 Å². The van der Waals surface area contributed by atoms with Gasteiger partial charge >= 0.3 is 11.8 Å². The van der Waals surface area contributed by atoms with E-state index in [1.807, 2.05) is 37.3 Å². The number of esters is 1. The van der Waals surface area contributed by atoms with Crippen molar-refractivity contribution in [2.75, 3.05) is 6.61 Å². The fourth-order valence-electron chi connectivity index (χ4n) is 3.11. The van der Waals surface area contributed by atoms with Crippen molar-refractivity contribution in [3.63, 3.8) is 0 Å². The summed E-state index contributed by atoms with van der Waals surface area (Å²) < 4.78 is 17.3. The molecule has 2 aliphatic rings. The lowest BCUT2D eigenvalue weighted by atomic mass is 9.93. The quantitative estimate of drug-likeness (QED) is 0.796. The molecular weight excluding hydrogens is 280 g/mol. The maximum Gasteiger partial charge on any atom is 0.342 e. The second-order valence-corrected chi connectivity index (χ2v) is 5.19. The van der Waals surface area contributed by atoms with Crippen LogP contribution in [0.4, 0.5) is 0 Å². The van der Waals surface area contributed by atoms with Crippen LogP contribution in [0.1, 0.15) is 34.0 Å². The maximum atomic E-state index is 12.2. The SMILES string of the molecule is C=C1OC2(OC(=O)c3ccccc32)c2c(OCC)cccc21. The number of hydrogen-bond acceptors (Lipinski definition) is 4. The Morgan fingerprint density at radius 2 is 1.86 bits per heavy atom. The highest BCUT2D eigenvalue weighted by molar-refractivity contribution is 5.96. The summed E-state index contributed by atoms with van der Waals surface area (Å²) in [5.74, 6) is -0.571. The molecule has 1 unspecified atom stereocenters. The van der Waals surface area contributed by atoms with Crippen molar-refractivity contribution < 1.29 is 19.0 Å². The van der Waals surface area contributed by atoms with Crippen LogP contribution in [0.3, 0.4) is 0 Å². The van der Waals surface area contributed by atoms with Gasteiger partial charge in [0.1, 0.15) is 11.5 Å². The lowest BCUT2D eigenvalue weighted by Crippen LogP contribution is -2.27. The van der Waals surface area contributed by atoms with Gasteiger partial charge in [0.25, 0.3) is 0 Å². The van der Waals surface area contributed by atoms with Crippen LogP contribution in [0.2, 0.25) is 0 Å². The van der Waals surface area contributed by atoms with E-state index in [-0.39, 0.29) is 0 Å². The Bertz CT molecular complexity index is 804.